The van der Waals surface area contributed by atoms with Crippen LogP contribution in [0, 0.1) is 11.3 Å². The lowest BCUT2D eigenvalue weighted by atomic mass is 10.3. The van der Waals surface area contributed by atoms with E-state index in [-0.39, 0.29) is 11.9 Å². The maximum atomic E-state index is 11.1. The van der Waals surface area contributed by atoms with E-state index in [0.717, 1.165) is 0 Å². The van der Waals surface area contributed by atoms with Gasteiger partial charge in [-0.05, 0) is 13.0 Å². The van der Waals surface area contributed by atoms with Gasteiger partial charge < -0.3 is 9.88 Å². The molecule has 0 radical (unpaired) electrons. The van der Waals surface area contributed by atoms with Gasteiger partial charge in [0.2, 0.25) is 5.91 Å². The van der Waals surface area contributed by atoms with Gasteiger partial charge in [0.15, 0.2) is 0 Å². The third-order valence-corrected chi connectivity index (χ3v) is 2.03. The topological polar surface area (TPSA) is 57.8 Å². The van der Waals surface area contributed by atoms with Crippen LogP contribution < -0.4 is 5.32 Å². The predicted octanol–water partition coefficient (Wildman–Crippen LogP) is 0.873. The fraction of sp³-hybridized carbons (Fsp3) is 0.250. The lowest BCUT2D eigenvalue weighted by Gasteiger charge is -1.99. The standard InChI is InChI=1S/C8H7N3O/c1-5-8(12)10-7-2-6(3-9)4-11(5)7/h2,4-5H,1H3,(H,10,12)/t5-/m0/s1. The fourth-order valence-electron chi connectivity index (χ4n) is 1.32. The van der Waals surface area contributed by atoms with Crippen molar-refractivity contribution in [3.05, 3.63) is 17.8 Å². The molecule has 12 heavy (non-hydrogen) atoms. The van der Waals surface area contributed by atoms with Gasteiger partial charge in [0.1, 0.15) is 17.9 Å². The van der Waals surface area contributed by atoms with Gasteiger partial charge in [0.25, 0.3) is 0 Å². The first-order valence-electron chi connectivity index (χ1n) is 3.65. The molecule has 1 aromatic rings. The first kappa shape index (κ1) is 6.92. The summed E-state index contributed by atoms with van der Waals surface area (Å²) in [7, 11) is 0. The molecule has 4 heteroatoms. The van der Waals surface area contributed by atoms with Gasteiger partial charge in [-0.2, -0.15) is 5.26 Å². The number of hydrogen-bond acceptors (Lipinski definition) is 2. The number of amides is 1. The normalized spacial score (nSPS) is 20.0. The molecule has 0 aromatic carbocycles. The van der Waals surface area contributed by atoms with Crippen LogP contribution in [0.15, 0.2) is 12.3 Å². The van der Waals surface area contributed by atoms with Crippen molar-refractivity contribution in [1.29, 1.82) is 5.26 Å². The number of nitrogens with one attached hydrogen (secondary N) is 1. The quantitative estimate of drug-likeness (QED) is 0.613. The lowest BCUT2D eigenvalue weighted by Crippen LogP contribution is -2.11. The third kappa shape index (κ3) is 0.735. The number of hydrogen-bond donors (Lipinski definition) is 1. The summed E-state index contributed by atoms with van der Waals surface area (Å²) in [6.07, 6.45) is 1.68. The van der Waals surface area contributed by atoms with Crippen LogP contribution in [-0.4, -0.2) is 10.5 Å². The van der Waals surface area contributed by atoms with Crippen LogP contribution in [-0.2, 0) is 4.79 Å². The highest BCUT2D eigenvalue weighted by Crippen LogP contribution is 2.26. The Morgan fingerprint density at radius 1 is 1.75 bits per heavy atom. The van der Waals surface area contributed by atoms with Gasteiger partial charge >= 0.3 is 0 Å². The van der Waals surface area contributed by atoms with Gasteiger partial charge in [0, 0.05) is 6.20 Å². The van der Waals surface area contributed by atoms with Gasteiger partial charge in [-0.25, -0.2) is 0 Å². The molecule has 0 saturated heterocycles. The van der Waals surface area contributed by atoms with Crippen LogP contribution in [0.4, 0.5) is 5.82 Å². The van der Waals surface area contributed by atoms with E-state index in [1.54, 1.807) is 23.8 Å². The summed E-state index contributed by atoms with van der Waals surface area (Å²) in [5.41, 5.74) is 0.580. The van der Waals surface area contributed by atoms with E-state index in [9.17, 15) is 4.79 Å². The predicted molar refractivity (Wildman–Crippen MR) is 42.5 cm³/mol. The van der Waals surface area contributed by atoms with Crippen molar-refractivity contribution in [3.63, 3.8) is 0 Å². The number of fused-ring (bicyclic) bond motifs is 1. The Labute approximate surface area is 69.4 Å². The zero-order valence-corrected chi connectivity index (χ0v) is 6.53. The minimum absolute atomic E-state index is 0.0190. The highest BCUT2D eigenvalue weighted by atomic mass is 16.2. The summed E-state index contributed by atoms with van der Waals surface area (Å²) in [5, 5.41) is 11.2. The molecule has 2 rings (SSSR count). The van der Waals surface area contributed by atoms with E-state index >= 15 is 0 Å². The van der Waals surface area contributed by atoms with E-state index < -0.39 is 0 Å². The van der Waals surface area contributed by atoms with Crippen molar-refractivity contribution in [3.8, 4) is 6.07 Å². The molecular formula is C8H7N3O. The molecule has 1 aliphatic heterocycles. The molecule has 60 valence electrons. The third-order valence-electron chi connectivity index (χ3n) is 2.03. The largest absolute Gasteiger partial charge is 0.321 e. The number of nitrogens with zero attached hydrogens (tertiary/aromatic N) is 2. The monoisotopic (exact) mass is 161 g/mol. The molecule has 0 bridgehead atoms. The number of anilines is 1. The van der Waals surface area contributed by atoms with Gasteiger partial charge in [-0.3, -0.25) is 4.79 Å². The van der Waals surface area contributed by atoms with E-state index in [4.69, 9.17) is 5.26 Å². The molecule has 1 atom stereocenters. The first-order chi connectivity index (χ1) is 5.72. The number of aromatic nitrogens is 1. The maximum absolute atomic E-state index is 11.1. The Balaban J connectivity index is 2.50. The highest BCUT2D eigenvalue weighted by Gasteiger charge is 2.25. The molecule has 0 spiro atoms. The van der Waals surface area contributed by atoms with Gasteiger partial charge in [-0.15, -0.1) is 0 Å². The zero-order valence-electron chi connectivity index (χ0n) is 6.53. The minimum Gasteiger partial charge on any atom is -0.321 e. The molecule has 1 amide bonds. The summed E-state index contributed by atoms with van der Waals surface area (Å²) in [5.74, 6) is 0.693. The highest BCUT2D eigenvalue weighted by molar-refractivity contribution is 5.97. The lowest BCUT2D eigenvalue weighted by molar-refractivity contribution is -0.117. The van der Waals surface area contributed by atoms with Crippen molar-refractivity contribution >= 4 is 11.7 Å². The van der Waals surface area contributed by atoms with Crippen molar-refractivity contribution in [2.24, 2.45) is 0 Å². The van der Waals surface area contributed by atoms with Gasteiger partial charge in [0.05, 0.1) is 5.56 Å². The summed E-state index contributed by atoms with van der Waals surface area (Å²) in [4.78, 5) is 11.1. The van der Waals surface area contributed by atoms with E-state index in [2.05, 4.69) is 5.32 Å². The molecule has 1 aliphatic rings. The minimum atomic E-state index is -0.193. The summed E-state index contributed by atoms with van der Waals surface area (Å²) < 4.78 is 1.76. The Morgan fingerprint density at radius 2 is 2.50 bits per heavy atom. The molecular weight excluding hydrogens is 154 g/mol. The molecule has 1 aromatic heterocycles. The van der Waals surface area contributed by atoms with E-state index in [1.807, 2.05) is 6.07 Å². The van der Waals surface area contributed by atoms with E-state index in [1.165, 1.54) is 0 Å². The Hall–Kier alpha value is -1.76. The van der Waals surface area contributed by atoms with Gasteiger partial charge in [-0.1, -0.05) is 0 Å². The number of rotatable bonds is 0. The molecule has 0 fully saturated rings. The summed E-state index contributed by atoms with van der Waals surface area (Å²) >= 11 is 0. The van der Waals surface area contributed by atoms with Crippen LogP contribution in [0.25, 0.3) is 0 Å². The Bertz CT molecular complexity index is 385. The van der Waals surface area contributed by atoms with Crippen LogP contribution in [0.2, 0.25) is 0 Å². The second-order valence-electron chi connectivity index (χ2n) is 2.80. The first-order valence-corrected chi connectivity index (χ1v) is 3.65. The van der Waals surface area contributed by atoms with Crippen LogP contribution in [0.3, 0.4) is 0 Å². The molecule has 0 saturated carbocycles. The molecule has 1 N–H and O–H groups in total. The Kier molecular flexibility index (Phi) is 1.22. The van der Waals surface area contributed by atoms with Crippen molar-refractivity contribution in [2.75, 3.05) is 5.32 Å². The second kappa shape index (κ2) is 2.11. The zero-order chi connectivity index (χ0) is 8.72. The van der Waals surface area contributed by atoms with Crippen molar-refractivity contribution in [1.82, 2.24) is 4.57 Å². The van der Waals surface area contributed by atoms with Crippen LogP contribution in [0.5, 0.6) is 0 Å². The smallest absolute Gasteiger partial charge is 0.248 e. The molecule has 0 aliphatic carbocycles. The average molecular weight is 161 g/mol. The van der Waals surface area contributed by atoms with E-state index in [0.29, 0.717) is 11.4 Å². The molecule has 2 heterocycles. The maximum Gasteiger partial charge on any atom is 0.248 e. The number of carbonyl (C=O) groups excluding carboxylic acids is 1. The van der Waals surface area contributed by atoms with Crippen LogP contribution in [0.1, 0.15) is 18.5 Å². The summed E-state index contributed by atoms with van der Waals surface area (Å²) in [6.45, 7) is 1.80. The van der Waals surface area contributed by atoms with Crippen LogP contribution >= 0.6 is 0 Å². The van der Waals surface area contributed by atoms with Crippen molar-refractivity contribution < 1.29 is 4.79 Å². The van der Waals surface area contributed by atoms with Crippen molar-refractivity contribution in [2.45, 2.75) is 13.0 Å². The summed E-state index contributed by atoms with van der Waals surface area (Å²) in [6, 6.07) is 3.50. The number of nitriles is 1. The SMILES string of the molecule is C[C@H]1C(=O)Nc2cc(C#N)cn21. The second-order valence-corrected chi connectivity index (χ2v) is 2.80. The average Bonchev–Trinajstić information content (AvgIpc) is 2.55. The number of carbonyl (C=O) groups is 1. The molecule has 0 unspecified atom stereocenters. The fourth-order valence-corrected chi connectivity index (χ4v) is 1.32. The Morgan fingerprint density at radius 3 is 3.08 bits per heavy atom. The molecule has 4 nitrogen and oxygen atoms in total.